The largest absolute Gasteiger partial charge is 0.477 e. The molecule has 0 amide bonds. The van der Waals surface area contributed by atoms with Crippen LogP contribution in [0.25, 0.3) is 0 Å². The molecule has 0 aliphatic heterocycles. The molecular weight excluding hydrogens is 260 g/mol. The maximum absolute atomic E-state index is 11.3. The van der Waals surface area contributed by atoms with Crippen LogP contribution in [0, 0.1) is 5.41 Å². The fourth-order valence-corrected chi connectivity index (χ4v) is 2.98. The number of anilines is 1. The van der Waals surface area contributed by atoms with Crippen molar-refractivity contribution in [3.8, 4) is 0 Å². The van der Waals surface area contributed by atoms with Gasteiger partial charge in [-0.25, -0.2) is 9.78 Å². The van der Waals surface area contributed by atoms with Crippen molar-refractivity contribution < 1.29 is 9.90 Å². The standard InChI is InChI=1S/C14H24N2O2S/c1-13(2,3)8-16(7)12-15-10(14(4,5)6)9(19-12)11(17)18/h8H2,1-7H3,(H,17,18). The molecule has 0 bridgehead atoms. The van der Waals surface area contributed by atoms with E-state index < -0.39 is 5.97 Å². The van der Waals surface area contributed by atoms with Gasteiger partial charge in [-0.1, -0.05) is 52.9 Å². The molecule has 0 aromatic carbocycles. The van der Waals surface area contributed by atoms with E-state index in [9.17, 15) is 9.90 Å². The number of carboxylic acid groups (broad SMARTS) is 1. The second kappa shape index (κ2) is 5.12. The fourth-order valence-electron chi connectivity index (χ4n) is 1.90. The summed E-state index contributed by atoms with van der Waals surface area (Å²) in [5.74, 6) is -0.891. The Hall–Kier alpha value is -1.10. The van der Waals surface area contributed by atoms with Gasteiger partial charge in [0.1, 0.15) is 4.88 Å². The van der Waals surface area contributed by atoms with E-state index in [1.807, 2.05) is 32.7 Å². The second-order valence-corrected chi connectivity index (χ2v) is 8.12. The molecular formula is C14H24N2O2S. The number of rotatable bonds is 3. The zero-order valence-electron chi connectivity index (χ0n) is 12.9. The van der Waals surface area contributed by atoms with Crippen molar-refractivity contribution in [2.75, 3.05) is 18.5 Å². The molecule has 1 rings (SSSR count). The van der Waals surface area contributed by atoms with E-state index in [-0.39, 0.29) is 10.8 Å². The Kier molecular flexibility index (Phi) is 4.30. The highest BCUT2D eigenvalue weighted by Crippen LogP contribution is 2.34. The van der Waals surface area contributed by atoms with Crippen LogP contribution in [-0.2, 0) is 5.41 Å². The van der Waals surface area contributed by atoms with Gasteiger partial charge in [0.15, 0.2) is 5.13 Å². The van der Waals surface area contributed by atoms with Gasteiger partial charge in [0.2, 0.25) is 0 Å². The normalized spacial score (nSPS) is 12.6. The van der Waals surface area contributed by atoms with E-state index >= 15 is 0 Å². The van der Waals surface area contributed by atoms with Crippen molar-refractivity contribution in [3.05, 3.63) is 10.6 Å². The Balaban J connectivity index is 3.15. The van der Waals surface area contributed by atoms with Crippen LogP contribution in [0.15, 0.2) is 0 Å². The summed E-state index contributed by atoms with van der Waals surface area (Å²) < 4.78 is 0. The maximum atomic E-state index is 11.3. The van der Waals surface area contributed by atoms with Crippen LogP contribution in [0.4, 0.5) is 5.13 Å². The van der Waals surface area contributed by atoms with E-state index in [2.05, 4.69) is 25.8 Å². The van der Waals surface area contributed by atoms with Gasteiger partial charge in [-0.05, 0) is 5.41 Å². The van der Waals surface area contributed by atoms with Crippen LogP contribution in [0.2, 0.25) is 0 Å². The number of aromatic nitrogens is 1. The minimum absolute atomic E-state index is 0.145. The molecule has 1 aromatic heterocycles. The molecule has 0 unspecified atom stereocenters. The lowest BCUT2D eigenvalue weighted by Gasteiger charge is -2.26. The fraction of sp³-hybridized carbons (Fsp3) is 0.714. The Morgan fingerprint density at radius 1 is 1.26 bits per heavy atom. The van der Waals surface area contributed by atoms with Crippen LogP contribution in [0.1, 0.15) is 56.9 Å². The molecule has 0 saturated heterocycles. The number of hydrogen-bond acceptors (Lipinski definition) is 4. The Morgan fingerprint density at radius 3 is 2.11 bits per heavy atom. The summed E-state index contributed by atoms with van der Waals surface area (Å²) in [6, 6.07) is 0. The molecule has 0 saturated carbocycles. The third-order valence-corrected chi connectivity index (χ3v) is 3.72. The molecule has 0 spiro atoms. The Labute approximate surface area is 119 Å². The first-order valence-electron chi connectivity index (χ1n) is 6.37. The predicted octanol–water partition coefficient (Wildman–Crippen LogP) is 3.62. The van der Waals surface area contributed by atoms with E-state index in [0.29, 0.717) is 10.6 Å². The van der Waals surface area contributed by atoms with Gasteiger partial charge < -0.3 is 10.0 Å². The van der Waals surface area contributed by atoms with Gasteiger partial charge in [0.05, 0.1) is 5.69 Å². The summed E-state index contributed by atoms with van der Waals surface area (Å²) >= 11 is 1.26. The second-order valence-electron chi connectivity index (χ2n) is 7.15. The van der Waals surface area contributed by atoms with Crippen molar-refractivity contribution in [1.29, 1.82) is 0 Å². The number of thiazole rings is 1. The molecule has 1 N–H and O–H groups in total. The molecule has 1 heterocycles. The highest BCUT2D eigenvalue weighted by atomic mass is 32.1. The lowest BCUT2D eigenvalue weighted by Crippen LogP contribution is -2.29. The molecule has 4 nitrogen and oxygen atoms in total. The van der Waals surface area contributed by atoms with Gasteiger partial charge in [-0.3, -0.25) is 0 Å². The van der Waals surface area contributed by atoms with Gasteiger partial charge in [0.25, 0.3) is 0 Å². The zero-order valence-corrected chi connectivity index (χ0v) is 13.7. The monoisotopic (exact) mass is 284 g/mol. The van der Waals surface area contributed by atoms with Crippen molar-refractivity contribution in [3.63, 3.8) is 0 Å². The Bertz CT molecular complexity index is 467. The van der Waals surface area contributed by atoms with Gasteiger partial charge in [-0.2, -0.15) is 0 Å². The molecule has 0 fully saturated rings. The number of carboxylic acids is 1. The van der Waals surface area contributed by atoms with E-state index in [4.69, 9.17) is 0 Å². The third-order valence-electron chi connectivity index (χ3n) is 2.56. The smallest absolute Gasteiger partial charge is 0.347 e. The number of nitrogens with zero attached hydrogens (tertiary/aromatic N) is 2. The van der Waals surface area contributed by atoms with E-state index in [1.165, 1.54) is 11.3 Å². The lowest BCUT2D eigenvalue weighted by molar-refractivity contribution is 0.0699. The number of carbonyl (C=O) groups is 1. The average molecular weight is 284 g/mol. The molecule has 5 heteroatoms. The Morgan fingerprint density at radius 2 is 1.79 bits per heavy atom. The average Bonchev–Trinajstić information content (AvgIpc) is 2.57. The van der Waals surface area contributed by atoms with Crippen LogP contribution >= 0.6 is 11.3 Å². The van der Waals surface area contributed by atoms with Gasteiger partial charge in [-0.15, -0.1) is 0 Å². The molecule has 19 heavy (non-hydrogen) atoms. The number of hydrogen-bond donors (Lipinski definition) is 1. The molecule has 0 atom stereocenters. The van der Waals surface area contributed by atoms with Crippen LogP contribution < -0.4 is 4.90 Å². The number of aromatic carboxylic acids is 1. The van der Waals surface area contributed by atoms with Crippen molar-refractivity contribution in [2.24, 2.45) is 5.41 Å². The van der Waals surface area contributed by atoms with Gasteiger partial charge in [0, 0.05) is 19.0 Å². The van der Waals surface area contributed by atoms with Gasteiger partial charge >= 0.3 is 5.97 Å². The highest BCUT2D eigenvalue weighted by molar-refractivity contribution is 7.17. The summed E-state index contributed by atoms with van der Waals surface area (Å²) in [4.78, 5) is 18.3. The van der Waals surface area contributed by atoms with Crippen LogP contribution in [0.5, 0.6) is 0 Å². The topological polar surface area (TPSA) is 53.4 Å². The van der Waals surface area contributed by atoms with Crippen LogP contribution in [-0.4, -0.2) is 29.7 Å². The highest BCUT2D eigenvalue weighted by Gasteiger charge is 2.28. The van der Waals surface area contributed by atoms with E-state index in [0.717, 1.165) is 11.7 Å². The minimum Gasteiger partial charge on any atom is -0.477 e. The SMILES string of the molecule is CN(CC(C)(C)C)c1nc(C(C)(C)C)c(C(=O)O)s1. The van der Waals surface area contributed by atoms with Crippen LogP contribution in [0.3, 0.4) is 0 Å². The first kappa shape index (κ1) is 16.0. The zero-order chi connectivity index (χ0) is 15.0. The minimum atomic E-state index is -0.891. The predicted molar refractivity (Wildman–Crippen MR) is 80.5 cm³/mol. The lowest BCUT2D eigenvalue weighted by atomic mass is 9.91. The molecule has 0 aliphatic carbocycles. The molecule has 108 valence electrons. The first-order chi connectivity index (χ1) is 8.42. The summed E-state index contributed by atoms with van der Waals surface area (Å²) in [6.45, 7) is 13.3. The third kappa shape index (κ3) is 4.20. The molecule has 1 aromatic rings. The van der Waals surface area contributed by atoms with E-state index in [1.54, 1.807) is 0 Å². The quantitative estimate of drug-likeness (QED) is 0.921. The van der Waals surface area contributed by atoms with Crippen molar-refractivity contribution >= 4 is 22.4 Å². The summed E-state index contributed by atoms with van der Waals surface area (Å²) in [5, 5.41) is 10.1. The summed E-state index contributed by atoms with van der Waals surface area (Å²) in [7, 11) is 1.96. The summed E-state index contributed by atoms with van der Waals surface area (Å²) in [6.07, 6.45) is 0. The van der Waals surface area contributed by atoms with Crippen molar-refractivity contribution in [1.82, 2.24) is 4.98 Å². The maximum Gasteiger partial charge on any atom is 0.347 e. The molecule has 0 aliphatic rings. The van der Waals surface area contributed by atoms with Crippen molar-refractivity contribution in [2.45, 2.75) is 47.0 Å². The first-order valence-corrected chi connectivity index (χ1v) is 7.19. The summed E-state index contributed by atoms with van der Waals surface area (Å²) in [5.41, 5.74) is 0.553. The molecule has 0 radical (unpaired) electrons.